The van der Waals surface area contributed by atoms with E-state index in [1.54, 1.807) is 6.07 Å². The fourth-order valence-electron chi connectivity index (χ4n) is 5.90. The first-order chi connectivity index (χ1) is 16.3. The van der Waals surface area contributed by atoms with E-state index in [-0.39, 0.29) is 11.0 Å². The molecule has 1 saturated heterocycles. The lowest BCUT2D eigenvalue weighted by atomic mass is 9.58. The SMILES string of the molecule is CC(C)=C1CC[C@H](C)[C@](C)(COc2ccc3ccc(=O)oc3c2)[C@H]1CCC(=O)N1CCCCC1. The van der Waals surface area contributed by atoms with Crippen molar-refractivity contribution < 1.29 is 13.9 Å². The minimum atomic E-state index is -0.357. The minimum absolute atomic E-state index is 0.0838. The summed E-state index contributed by atoms with van der Waals surface area (Å²) in [6, 6.07) is 8.88. The number of nitrogens with zero attached hydrogens (tertiary/aromatic N) is 1. The number of rotatable bonds is 6. The highest BCUT2D eigenvalue weighted by Gasteiger charge is 2.45. The lowest BCUT2D eigenvalue weighted by Crippen LogP contribution is -2.44. The van der Waals surface area contributed by atoms with E-state index in [1.807, 2.05) is 18.2 Å². The largest absolute Gasteiger partial charge is 0.493 e. The Bertz CT molecular complexity index is 1110. The molecule has 0 unspecified atom stereocenters. The summed E-state index contributed by atoms with van der Waals surface area (Å²) in [5, 5.41) is 0.880. The molecule has 1 aliphatic carbocycles. The first-order valence-corrected chi connectivity index (χ1v) is 12.9. The van der Waals surface area contributed by atoms with Gasteiger partial charge in [0.15, 0.2) is 0 Å². The second-order valence-corrected chi connectivity index (χ2v) is 10.7. The zero-order valence-corrected chi connectivity index (χ0v) is 21.2. The number of likely N-dealkylation sites (tertiary alicyclic amines) is 1. The highest BCUT2D eigenvalue weighted by Crippen LogP contribution is 2.51. The summed E-state index contributed by atoms with van der Waals surface area (Å²) in [5.41, 5.74) is 2.98. The summed E-state index contributed by atoms with van der Waals surface area (Å²) in [5.74, 6) is 1.80. The summed E-state index contributed by atoms with van der Waals surface area (Å²) >= 11 is 0. The van der Waals surface area contributed by atoms with Gasteiger partial charge < -0.3 is 14.1 Å². The highest BCUT2D eigenvalue weighted by atomic mass is 16.5. The van der Waals surface area contributed by atoms with Gasteiger partial charge in [0.1, 0.15) is 11.3 Å². The molecule has 4 rings (SSSR count). The van der Waals surface area contributed by atoms with Crippen molar-refractivity contribution in [2.24, 2.45) is 17.3 Å². The molecule has 2 fully saturated rings. The second-order valence-electron chi connectivity index (χ2n) is 10.7. The molecule has 5 heteroatoms. The number of ether oxygens (including phenoxy) is 1. The van der Waals surface area contributed by atoms with Crippen LogP contribution in [-0.2, 0) is 4.79 Å². The van der Waals surface area contributed by atoms with Crippen LogP contribution in [0.1, 0.15) is 72.6 Å². The monoisotopic (exact) mass is 465 g/mol. The maximum Gasteiger partial charge on any atom is 0.336 e. The molecule has 2 aromatic rings. The van der Waals surface area contributed by atoms with Crippen LogP contribution in [0.25, 0.3) is 11.0 Å². The number of hydrogen-bond donors (Lipinski definition) is 0. The molecule has 1 aromatic carbocycles. The number of carbonyl (C=O) groups excluding carboxylic acids is 1. The molecular weight excluding hydrogens is 426 g/mol. The van der Waals surface area contributed by atoms with E-state index >= 15 is 0 Å². The van der Waals surface area contributed by atoms with Crippen molar-refractivity contribution in [3.63, 3.8) is 0 Å². The third-order valence-corrected chi connectivity index (χ3v) is 8.33. The van der Waals surface area contributed by atoms with Crippen molar-refractivity contribution in [1.29, 1.82) is 0 Å². The molecule has 0 bridgehead atoms. The molecule has 34 heavy (non-hydrogen) atoms. The van der Waals surface area contributed by atoms with Crippen molar-refractivity contribution in [1.82, 2.24) is 4.90 Å². The summed E-state index contributed by atoms with van der Waals surface area (Å²) < 4.78 is 11.7. The third kappa shape index (κ3) is 5.24. The number of benzene rings is 1. The molecule has 5 nitrogen and oxygen atoms in total. The van der Waals surface area contributed by atoms with Crippen molar-refractivity contribution >= 4 is 16.9 Å². The van der Waals surface area contributed by atoms with Gasteiger partial charge in [-0.3, -0.25) is 4.79 Å². The molecule has 1 aromatic heterocycles. The molecule has 1 aliphatic heterocycles. The number of hydrogen-bond acceptors (Lipinski definition) is 4. The summed E-state index contributed by atoms with van der Waals surface area (Å²) in [4.78, 5) is 26.7. The van der Waals surface area contributed by atoms with Crippen LogP contribution in [0.15, 0.2) is 50.7 Å². The molecule has 0 radical (unpaired) electrons. The lowest BCUT2D eigenvalue weighted by Gasteiger charge is -2.48. The van der Waals surface area contributed by atoms with Crippen LogP contribution in [0.4, 0.5) is 0 Å². The van der Waals surface area contributed by atoms with Gasteiger partial charge in [-0.15, -0.1) is 0 Å². The Morgan fingerprint density at radius 1 is 1.15 bits per heavy atom. The topological polar surface area (TPSA) is 59.8 Å². The predicted molar refractivity (Wildman–Crippen MR) is 136 cm³/mol. The molecule has 2 heterocycles. The van der Waals surface area contributed by atoms with Gasteiger partial charge in [0.2, 0.25) is 5.91 Å². The lowest BCUT2D eigenvalue weighted by molar-refractivity contribution is -0.132. The minimum Gasteiger partial charge on any atom is -0.493 e. The summed E-state index contributed by atoms with van der Waals surface area (Å²) in [7, 11) is 0. The fourth-order valence-corrected chi connectivity index (χ4v) is 5.90. The van der Waals surface area contributed by atoms with E-state index < -0.39 is 0 Å². The molecule has 0 spiro atoms. The van der Waals surface area contributed by atoms with Gasteiger partial charge in [0, 0.05) is 42.4 Å². The van der Waals surface area contributed by atoms with Crippen LogP contribution >= 0.6 is 0 Å². The van der Waals surface area contributed by atoms with Crippen molar-refractivity contribution in [2.45, 2.75) is 72.6 Å². The van der Waals surface area contributed by atoms with Crippen LogP contribution in [-0.4, -0.2) is 30.5 Å². The Morgan fingerprint density at radius 3 is 2.62 bits per heavy atom. The summed E-state index contributed by atoms with van der Waals surface area (Å²) in [6.07, 6.45) is 7.19. The Kier molecular flexibility index (Phi) is 7.49. The van der Waals surface area contributed by atoms with Crippen molar-refractivity contribution in [3.8, 4) is 5.75 Å². The molecule has 184 valence electrons. The average molecular weight is 466 g/mol. The molecule has 1 amide bonds. The van der Waals surface area contributed by atoms with Gasteiger partial charge in [-0.1, -0.05) is 25.0 Å². The van der Waals surface area contributed by atoms with Gasteiger partial charge in [-0.05, 0) is 82.4 Å². The van der Waals surface area contributed by atoms with Gasteiger partial charge in [-0.2, -0.15) is 0 Å². The smallest absolute Gasteiger partial charge is 0.336 e. The average Bonchev–Trinajstić information content (AvgIpc) is 2.83. The van der Waals surface area contributed by atoms with E-state index in [4.69, 9.17) is 9.15 Å². The van der Waals surface area contributed by atoms with Crippen LogP contribution in [0.3, 0.4) is 0 Å². The second kappa shape index (κ2) is 10.4. The highest BCUT2D eigenvalue weighted by molar-refractivity contribution is 5.77. The summed E-state index contributed by atoms with van der Waals surface area (Å²) in [6.45, 7) is 11.5. The normalized spacial score (nSPS) is 25.4. The predicted octanol–water partition coefficient (Wildman–Crippen LogP) is 6.35. The molecular formula is C29H39NO4. The van der Waals surface area contributed by atoms with Gasteiger partial charge in [0.25, 0.3) is 0 Å². The Labute approximate surface area is 203 Å². The maximum absolute atomic E-state index is 13.0. The molecule has 3 atom stereocenters. The number of piperidine rings is 1. The zero-order valence-electron chi connectivity index (χ0n) is 21.2. The number of carbonyl (C=O) groups is 1. The van der Waals surface area contributed by atoms with E-state index in [9.17, 15) is 9.59 Å². The van der Waals surface area contributed by atoms with Crippen LogP contribution < -0.4 is 10.4 Å². The van der Waals surface area contributed by atoms with Gasteiger partial charge in [0.05, 0.1) is 6.61 Å². The Morgan fingerprint density at radius 2 is 1.88 bits per heavy atom. The fraction of sp³-hybridized carbons (Fsp3) is 0.586. The van der Waals surface area contributed by atoms with E-state index in [2.05, 4.69) is 32.6 Å². The maximum atomic E-state index is 13.0. The van der Waals surface area contributed by atoms with Gasteiger partial charge in [-0.25, -0.2) is 4.79 Å². The first-order valence-electron chi connectivity index (χ1n) is 12.9. The Balaban J connectivity index is 1.53. The molecule has 1 saturated carbocycles. The van der Waals surface area contributed by atoms with Crippen LogP contribution in [0.5, 0.6) is 5.75 Å². The quantitative estimate of drug-likeness (QED) is 0.368. The number of fused-ring (bicyclic) bond motifs is 1. The molecule has 0 N–H and O–H groups in total. The van der Waals surface area contributed by atoms with Gasteiger partial charge >= 0.3 is 5.63 Å². The van der Waals surface area contributed by atoms with E-state index in [0.717, 1.165) is 50.6 Å². The number of allylic oxidation sites excluding steroid dienone is 2. The van der Waals surface area contributed by atoms with E-state index in [0.29, 0.717) is 42.1 Å². The third-order valence-electron chi connectivity index (χ3n) is 8.33. The first kappa shape index (κ1) is 24.6. The van der Waals surface area contributed by atoms with Crippen LogP contribution in [0, 0.1) is 17.3 Å². The van der Waals surface area contributed by atoms with Crippen molar-refractivity contribution in [3.05, 3.63) is 51.9 Å². The standard InChI is InChI=1S/C29H39NO4/c1-20(2)24-12-8-21(3)29(4,25(24)13-14-27(31)30-16-6-5-7-17-30)19-33-23-11-9-22-10-15-28(32)34-26(22)18-23/h9-11,15,18,21,25H,5-8,12-14,16-17,19H2,1-4H3/t21-,25-,29-/m0/s1. The van der Waals surface area contributed by atoms with E-state index in [1.165, 1.54) is 23.6 Å². The van der Waals surface area contributed by atoms with Crippen molar-refractivity contribution in [2.75, 3.05) is 19.7 Å². The Hall–Kier alpha value is -2.56. The van der Waals surface area contributed by atoms with Crippen LogP contribution in [0.2, 0.25) is 0 Å². The number of amides is 1. The molecule has 2 aliphatic rings. The zero-order chi connectivity index (χ0) is 24.3.